The standard InChI is InChI=1S/C14H16F3NO2S/c1-3-6-18(9-14(15,16)17)13(20)12-8-10(2)11(21-12)5-4-7-19/h8,19H,3,6-7,9H2,1-2H3. The number of aryl methyl sites for hydroxylation is 1. The zero-order valence-corrected chi connectivity index (χ0v) is 12.6. The van der Waals surface area contributed by atoms with E-state index in [1.165, 1.54) is 6.07 Å². The maximum absolute atomic E-state index is 12.5. The molecule has 21 heavy (non-hydrogen) atoms. The number of halogens is 3. The summed E-state index contributed by atoms with van der Waals surface area (Å²) in [6, 6.07) is 1.54. The largest absolute Gasteiger partial charge is 0.406 e. The molecule has 0 radical (unpaired) electrons. The van der Waals surface area contributed by atoms with E-state index in [1.807, 2.05) is 0 Å². The number of nitrogens with zero attached hydrogens (tertiary/aromatic N) is 1. The van der Waals surface area contributed by atoms with Crippen LogP contribution in [-0.4, -0.2) is 41.8 Å². The van der Waals surface area contributed by atoms with E-state index in [1.54, 1.807) is 13.8 Å². The van der Waals surface area contributed by atoms with Crippen LogP contribution in [0.2, 0.25) is 0 Å². The van der Waals surface area contributed by atoms with E-state index in [0.717, 1.165) is 16.2 Å². The van der Waals surface area contributed by atoms with Crippen LogP contribution < -0.4 is 0 Å². The van der Waals surface area contributed by atoms with E-state index < -0.39 is 18.6 Å². The van der Waals surface area contributed by atoms with Crippen LogP contribution in [0.3, 0.4) is 0 Å². The minimum absolute atomic E-state index is 0.0486. The zero-order valence-electron chi connectivity index (χ0n) is 11.8. The van der Waals surface area contributed by atoms with Crippen molar-refractivity contribution < 1.29 is 23.1 Å². The lowest BCUT2D eigenvalue weighted by molar-refractivity contribution is -0.140. The number of alkyl halides is 3. The van der Waals surface area contributed by atoms with Gasteiger partial charge in [-0.05, 0) is 25.0 Å². The number of hydrogen-bond acceptors (Lipinski definition) is 3. The first kappa shape index (κ1) is 17.5. The molecule has 1 amide bonds. The van der Waals surface area contributed by atoms with Gasteiger partial charge in [-0.3, -0.25) is 4.79 Å². The Labute approximate surface area is 125 Å². The van der Waals surface area contributed by atoms with Gasteiger partial charge in [0, 0.05) is 6.54 Å². The lowest BCUT2D eigenvalue weighted by Crippen LogP contribution is -2.39. The molecule has 1 rings (SSSR count). The second-order valence-electron chi connectivity index (χ2n) is 4.42. The van der Waals surface area contributed by atoms with Gasteiger partial charge in [-0.2, -0.15) is 13.2 Å². The molecule has 1 aromatic heterocycles. The van der Waals surface area contributed by atoms with Gasteiger partial charge in [-0.15, -0.1) is 11.3 Å². The first-order valence-electron chi connectivity index (χ1n) is 6.34. The molecule has 0 saturated heterocycles. The van der Waals surface area contributed by atoms with Crippen molar-refractivity contribution in [2.75, 3.05) is 19.7 Å². The Hall–Kier alpha value is -1.52. The van der Waals surface area contributed by atoms with Gasteiger partial charge < -0.3 is 10.0 Å². The van der Waals surface area contributed by atoms with Gasteiger partial charge >= 0.3 is 6.18 Å². The highest BCUT2D eigenvalue weighted by atomic mass is 32.1. The van der Waals surface area contributed by atoms with Crippen molar-refractivity contribution >= 4 is 17.2 Å². The summed E-state index contributed by atoms with van der Waals surface area (Å²) in [6.07, 6.45) is -3.97. The molecule has 1 N–H and O–H groups in total. The lowest BCUT2D eigenvalue weighted by atomic mass is 10.2. The molecule has 1 aromatic rings. The third-order valence-corrected chi connectivity index (χ3v) is 3.70. The molecule has 0 aliphatic carbocycles. The number of aliphatic hydroxyl groups excluding tert-OH is 1. The van der Waals surface area contributed by atoms with Gasteiger partial charge in [0.05, 0.1) is 9.75 Å². The molecule has 1 heterocycles. The number of thiophene rings is 1. The van der Waals surface area contributed by atoms with Gasteiger partial charge in [-0.25, -0.2) is 0 Å². The van der Waals surface area contributed by atoms with Crippen molar-refractivity contribution in [3.8, 4) is 11.8 Å². The van der Waals surface area contributed by atoms with Crippen molar-refractivity contribution in [3.05, 3.63) is 21.4 Å². The van der Waals surface area contributed by atoms with Crippen molar-refractivity contribution in [3.63, 3.8) is 0 Å². The summed E-state index contributed by atoms with van der Waals surface area (Å²) in [5, 5.41) is 8.65. The van der Waals surface area contributed by atoms with Crippen LogP contribution in [0.15, 0.2) is 6.07 Å². The Morgan fingerprint density at radius 1 is 1.48 bits per heavy atom. The summed E-state index contributed by atoms with van der Waals surface area (Å²) in [7, 11) is 0. The average molecular weight is 319 g/mol. The summed E-state index contributed by atoms with van der Waals surface area (Å²) in [5.41, 5.74) is 0.716. The molecule has 3 nitrogen and oxygen atoms in total. The van der Waals surface area contributed by atoms with Crippen molar-refractivity contribution in [2.45, 2.75) is 26.4 Å². The third kappa shape index (κ3) is 5.40. The Morgan fingerprint density at radius 2 is 2.14 bits per heavy atom. The fourth-order valence-corrected chi connectivity index (χ4v) is 2.74. The quantitative estimate of drug-likeness (QED) is 0.867. The van der Waals surface area contributed by atoms with Crippen LogP contribution in [0.4, 0.5) is 13.2 Å². The van der Waals surface area contributed by atoms with E-state index in [4.69, 9.17) is 5.11 Å². The highest BCUT2D eigenvalue weighted by Crippen LogP contribution is 2.24. The molecule has 0 saturated carbocycles. The van der Waals surface area contributed by atoms with Crippen LogP contribution in [0, 0.1) is 18.8 Å². The van der Waals surface area contributed by atoms with Gasteiger partial charge in [0.25, 0.3) is 5.91 Å². The Balaban J connectivity index is 2.98. The predicted molar refractivity (Wildman–Crippen MR) is 75.3 cm³/mol. The minimum atomic E-state index is -4.42. The zero-order chi connectivity index (χ0) is 16.0. The molecule has 0 spiro atoms. The molecule has 0 fully saturated rings. The van der Waals surface area contributed by atoms with E-state index in [9.17, 15) is 18.0 Å². The smallest absolute Gasteiger partial charge is 0.384 e. The fraction of sp³-hybridized carbons (Fsp3) is 0.500. The molecule has 0 unspecified atom stereocenters. The summed E-state index contributed by atoms with van der Waals surface area (Å²) in [4.78, 5) is 13.8. The number of carbonyl (C=O) groups is 1. The maximum Gasteiger partial charge on any atom is 0.406 e. The van der Waals surface area contributed by atoms with Crippen LogP contribution >= 0.6 is 11.3 Å². The highest BCUT2D eigenvalue weighted by Gasteiger charge is 2.33. The monoisotopic (exact) mass is 319 g/mol. The number of rotatable bonds is 4. The Kier molecular flexibility index (Phi) is 6.24. The summed E-state index contributed by atoms with van der Waals surface area (Å²) < 4.78 is 37.5. The number of hydrogen-bond donors (Lipinski definition) is 1. The molecule has 0 aliphatic heterocycles. The normalized spacial score (nSPS) is 11.0. The van der Waals surface area contributed by atoms with Crippen molar-refractivity contribution in [1.29, 1.82) is 0 Å². The number of aliphatic hydroxyl groups is 1. The minimum Gasteiger partial charge on any atom is -0.384 e. The maximum atomic E-state index is 12.5. The second-order valence-corrected chi connectivity index (χ2v) is 5.48. The van der Waals surface area contributed by atoms with E-state index in [2.05, 4.69) is 11.8 Å². The molecule has 0 bridgehead atoms. The first-order valence-corrected chi connectivity index (χ1v) is 7.16. The molecular formula is C14H16F3NO2S. The Bertz CT molecular complexity index is 555. The Morgan fingerprint density at radius 3 is 2.67 bits per heavy atom. The van der Waals surface area contributed by atoms with Crippen LogP contribution in [0.5, 0.6) is 0 Å². The average Bonchev–Trinajstić information content (AvgIpc) is 2.75. The van der Waals surface area contributed by atoms with E-state index in [0.29, 0.717) is 16.9 Å². The molecular weight excluding hydrogens is 303 g/mol. The van der Waals surface area contributed by atoms with E-state index in [-0.39, 0.29) is 18.0 Å². The number of amides is 1. The van der Waals surface area contributed by atoms with Crippen LogP contribution in [0.25, 0.3) is 0 Å². The first-order chi connectivity index (χ1) is 9.78. The SMILES string of the molecule is CCCN(CC(F)(F)F)C(=O)c1cc(C)c(C#CCO)s1. The highest BCUT2D eigenvalue weighted by molar-refractivity contribution is 7.14. The molecule has 7 heteroatoms. The molecule has 0 aromatic carbocycles. The second kappa shape index (κ2) is 7.48. The van der Waals surface area contributed by atoms with Crippen LogP contribution in [-0.2, 0) is 0 Å². The molecule has 0 aliphatic rings. The predicted octanol–water partition coefficient (Wildman–Crippen LogP) is 2.81. The fourth-order valence-electron chi connectivity index (χ4n) is 1.73. The van der Waals surface area contributed by atoms with Gasteiger partial charge in [0.1, 0.15) is 13.2 Å². The summed E-state index contributed by atoms with van der Waals surface area (Å²) >= 11 is 1.04. The van der Waals surface area contributed by atoms with Gasteiger partial charge in [0.2, 0.25) is 0 Å². The molecule has 0 atom stereocenters. The lowest BCUT2D eigenvalue weighted by Gasteiger charge is -2.22. The third-order valence-electron chi connectivity index (χ3n) is 2.56. The molecule has 116 valence electrons. The summed E-state index contributed by atoms with van der Waals surface area (Å²) in [6.45, 7) is 1.93. The van der Waals surface area contributed by atoms with Gasteiger partial charge in [-0.1, -0.05) is 18.8 Å². The van der Waals surface area contributed by atoms with E-state index >= 15 is 0 Å². The summed E-state index contributed by atoms with van der Waals surface area (Å²) in [5.74, 6) is 4.50. The van der Waals surface area contributed by atoms with Crippen molar-refractivity contribution in [2.24, 2.45) is 0 Å². The van der Waals surface area contributed by atoms with Gasteiger partial charge in [0.15, 0.2) is 0 Å². The van der Waals surface area contributed by atoms with Crippen LogP contribution in [0.1, 0.15) is 33.5 Å². The topological polar surface area (TPSA) is 40.5 Å². The number of carbonyl (C=O) groups excluding carboxylic acids is 1. The van der Waals surface area contributed by atoms with Crippen molar-refractivity contribution in [1.82, 2.24) is 4.90 Å².